The molecule has 7 heteroatoms. The number of rotatable bonds is 6. The topological polar surface area (TPSA) is 66.8 Å². The summed E-state index contributed by atoms with van der Waals surface area (Å²) >= 11 is 6.77. The Hall–Kier alpha value is -1.08. The highest BCUT2D eigenvalue weighted by atomic mass is 35.5. The summed E-state index contributed by atoms with van der Waals surface area (Å²) in [4.78, 5) is 24.9. The number of aliphatic hydroxyl groups excluding tert-OH is 1. The minimum Gasteiger partial charge on any atom is -0.389 e. The van der Waals surface area contributed by atoms with E-state index in [0.29, 0.717) is 11.6 Å². The number of aliphatic hydroxyl groups is 1. The van der Waals surface area contributed by atoms with Gasteiger partial charge in [0.15, 0.2) is 0 Å². The molecule has 1 aromatic rings. The third kappa shape index (κ3) is 4.23. The van der Waals surface area contributed by atoms with E-state index in [9.17, 15) is 14.7 Å². The number of β-amino-alcohol motifs (C(OH)–C–C–N with tert-alkyl or cyclic N) is 1. The SMILES string of the molecule is CC1(C)SC(=O)N(C[C@@H](O)COCc2ccc(Cl)cc2)C1=O. The van der Waals surface area contributed by atoms with Gasteiger partial charge in [0, 0.05) is 5.02 Å². The van der Waals surface area contributed by atoms with E-state index in [1.165, 1.54) is 0 Å². The van der Waals surface area contributed by atoms with E-state index in [1.54, 1.807) is 26.0 Å². The van der Waals surface area contributed by atoms with Gasteiger partial charge < -0.3 is 9.84 Å². The molecule has 120 valence electrons. The Morgan fingerprint density at radius 3 is 2.50 bits per heavy atom. The van der Waals surface area contributed by atoms with E-state index in [0.717, 1.165) is 22.2 Å². The van der Waals surface area contributed by atoms with Crippen LogP contribution in [0.25, 0.3) is 0 Å². The molecule has 2 rings (SSSR count). The second-order valence-electron chi connectivity index (χ2n) is 5.59. The molecule has 1 aliphatic rings. The fraction of sp³-hybridized carbons (Fsp3) is 0.467. The molecule has 0 aliphatic carbocycles. The number of amides is 2. The average molecular weight is 344 g/mol. The molecule has 22 heavy (non-hydrogen) atoms. The number of ether oxygens (including phenoxy) is 1. The standard InChI is InChI=1S/C15H18ClNO4S/c1-15(2)13(19)17(14(20)22-15)7-12(18)9-21-8-10-3-5-11(16)6-4-10/h3-6,12,18H,7-9H2,1-2H3/t12-/m1/s1. The first-order valence-electron chi connectivity index (χ1n) is 6.85. The third-order valence-electron chi connectivity index (χ3n) is 3.21. The summed E-state index contributed by atoms with van der Waals surface area (Å²) in [5.41, 5.74) is 0.932. The van der Waals surface area contributed by atoms with Crippen molar-refractivity contribution in [2.24, 2.45) is 0 Å². The highest BCUT2D eigenvalue weighted by Crippen LogP contribution is 2.36. The summed E-state index contributed by atoms with van der Waals surface area (Å²) in [5.74, 6) is -0.278. The van der Waals surface area contributed by atoms with Gasteiger partial charge in [0.1, 0.15) is 0 Å². The van der Waals surface area contributed by atoms with Crippen LogP contribution in [-0.2, 0) is 16.1 Å². The normalized spacial score (nSPS) is 18.8. The van der Waals surface area contributed by atoms with Gasteiger partial charge in [0.2, 0.25) is 5.91 Å². The molecule has 0 bridgehead atoms. The molecular weight excluding hydrogens is 326 g/mol. The van der Waals surface area contributed by atoms with Crippen molar-refractivity contribution < 1.29 is 19.4 Å². The molecule has 0 unspecified atom stereocenters. The number of halogens is 1. The number of benzene rings is 1. The van der Waals surface area contributed by atoms with Gasteiger partial charge >= 0.3 is 0 Å². The van der Waals surface area contributed by atoms with Crippen molar-refractivity contribution >= 4 is 34.5 Å². The fourth-order valence-corrected chi connectivity index (χ4v) is 3.07. The van der Waals surface area contributed by atoms with Crippen LogP contribution in [0.4, 0.5) is 4.79 Å². The van der Waals surface area contributed by atoms with Crippen molar-refractivity contribution in [1.82, 2.24) is 4.90 Å². The Bertz CT molecular complexity index is 561. The van der Waals surface area contributed by atoms with Crippen LogP contribution in [0.3, 0.4) is 0 Å². The number of hydrogen-bond acceptors (Lipinski definition) is 5. The van der Waals surface area contributed by atoms with Gasteiger partial charge in [0.05, 0.1) is 30.6 Å². The third-order valence-corrected chi connectivity index (χ3v) is 4.54. The Morgan fingerprint density at radius 2 is 1.95 bits per heavy atom. The lowest BCUT2D eigenvalue weighted by molar-refractivity contribution is -0.130. The Labute approximate surface area is 138 Å². The fourth-order valence-electron chi connectivity index (χ4n) is 2.04. The predicted molar refractivity (Wildman–Crippen MR) is 85.9 cm³/mol. The van der Waals surface area contributed by atoms with Gasteiger partial charge in [-0.2, -0.15) is 0 Å². The van der Waals surface area contributed by atoms with E-state index in [4.69, 9.17) is 16.3 Å². The van der Waals surface area contributed by atoms with E-state index in [-0.39, 0.29) is 24.3 Å². The quantitative estimate of drug-likeness (QED) is 0.860. The predicted octanol–water partition coefficient (Wildman–Crippen LogP) is 2.69. The van der Waals surface area contributed by atoms with Gasteiger partial charge in [0.25, 0.3) is 5.24 Å². The van der Waals surface area contributed by atoms with E-state index in [1.807, 2.05) is 12.1 Å². The molecule has 1 heterocycles. The van der Waals surface area contributed by atoms with Crippen LogP contribution in [0.15, 0.2) is 24.3 Å². The summed E-state index contributed by atoms with van der Waals surface area (Å²) in [6.45, 7) is 3.72. The summed E-state index contributed by atoms with van der Waals surface area (Å²) in [5, 5.41) is 10.3. The summed E-state index contributed by atoms with van der Waals surface area (Å²) in [6, 6.07) is 7.19. The van der Waals surface area contributed by atoms with Crippen molar-refractivity contribution in [2.45, 2.75) is 31.3 Å². The molecule has 2 amide bonds. The first kappa shape index (κ1) is 17.3. The number of imide groups is 1. The number of nitrogens with zero attached hydrogens (tertiary/aromatic N) is 1. The molecule has 1 fully saturated rings. The Balaban J connectivity index is 1.78. The van der Waals surface area contributed by atoms with E-state index < -0.39 is 10.9 Å². The lowest BCUT2D eigenvalue weighted by Crippen LogP contribution is -2.41. The first-order chi connectivity index (χ1) is 10.3. The second-order valence-corrected chi connectivity index (χ2v) is 7.60. The van der Waals surface area contributed by atoms with Crippen LogP contribution in [-0.4, -0.2) is 45.2 Å². The number of carbonyl (C=O) groups is 2. The van der Waals surface area contributed by atoms with Crippen LogP contribution >= 0.6 is 23.4 Å². The maximum absolute atomic E-state index is 12.0. The van der Waals surface area contributed by atoms with Crippen LogP contribution < -0.4 is 0 Å². The summed E-state index contributed by atoms with van der Waals surface area (Å²) in [6.07, 6.45) is -0.908. The van der Waals surface area contributed by atoms with Crippen molar-refractivity contribution in [3.63, 3.8) is 0 Å². The number of carbonyl (C=O) groups excluding carboxylic acids is 2. The number of thioether (sulfide) groups is 1. The minimum absolute atomic E-state index is 0.0464. The van der Waals surface area contributed by atoms with E-state index >= 15 is 0 Å². The zero-order valence-electron chi connectivity index (χ0n) is 12.4. The van der Waals surface area contributed by atoms with Gasteiger partial charge in [-0.3, -0.25) is 14.5 Å². The molecule has 1 saturated heterocycles. The van der Waals surface area contributed by atoms with Gasteiger partial charge in [-0.1, -0.05) is 23.7 Å². The smallest absolute Gasteiger partial charge is 0.289 e. The second kappa shape index (κ2) is 7.00. The Morgan fingerprint density at radius 1 is 1.32 bits per heavy atom. The van der Waals surface area contributed by atoms with Crippen LogP contribution in [0.1, 0.15) is 19.4 Å². The maximum Gasteiger partial charge on any atom is 0.289 e. The number of hydrogen-bond donors (Lipinski definition) is 1. The molecule has 1 aromatic carbocycles. The van der Waals surface area contributed by atoms with Gasteiger partial charge in [-0.05, 0) is 43.3 Å². The molecule has 1 aliphatic heterocycles. The van der Waals surface area contributed by atoms with Crippen molar-refractivity contribution in [1.29, 1.82) is 0 Å². The lowest BCUT2D eigenvalue weighted by Gasteiger charge is -2.19. The largest absolute Gasteiger partial charge is 0.389 e. The van der Waals surface area contributed by atoms with Crippen LogP contribution in [0, 0.1) is 0 Å². The average Bonchev–Trinajstić information content (AvgIpc) is 2.63. The highest BCUT2D eigenvalue weighted by Gasteiger charge is 2.46. The zero-order chi connectivity index (χ0) is 16.3. The van der Waals surface area contributed by atoms with Crippen LogP contribution in [0.5, 0.6) is 0 Å². The maximum atomic E-state index is 12.0. The van der Waals surface area contributed by atoms with Crippen molar-refractivity contribution in [2.75, 3.05) is 13.2 Å². The summed E-state index contributed by atoms with van der Waals surface area (Å²) in [7, 11) is 0. The molecule has 0 saturated carbocycles. The summed E-state index contributed by atoms with van der Waals surface area (Å²) < 4.78 is 4.64. The first-order valence-corrected chi connectivity index (χ1v) is 8.04. The van der Waals surface area contributed by atoms with Gasteiger partial charge in [-0.25, -0.2) is 0 Å². The molecule has 0 radical (unpaired) electrons. The van der Waals surface area contributed by atoms with Crippen molar-refractivity contribution in [3.05, 3.63) is 34.9 Å². The molecule has 5 nitrogen and oxygen atoms in total. The molecular formula is C15H18ClNO4S. The molecule has 1 N–H and O–H groups in total. The molecule has 0 spiro atoms. The monoisotopic (exact) mass is 343 g/mol. The highest BCUT2D eigenvalue weighted by molar-refractivity contribution is 8.16. The van der Waals surface area contributed by atoms with Gasteiger partial charge in [-0.15, -0.1) is 0 Å². The van der Waals surface area contributed by atoms with Crippen LogP contribution in [0.2, 0.25) is 5.02 Å². The minimum atomic E-state index is -0.908. The zero-order valence-corrected chi connectivity index (χ0v) is 14.0. The lowest BCUT2D eigenvalue weighted by atomic mass is 10.2. The van der Waals surface area contributed by atoms with Crippen molar-refractivity contribution in [3.8, 4) is 0 Å². The van der Waals surface area contributed by atoms with E-state index in [2.05, 4.69) is 0 Å². The Kier molecular flexibility index (Phi) is 5.50. The molecule has 0 aromatic heterocycles. The molecule has 1 atom stereocenters.